The molecule has 1 saturated heterocycles. The molecule has 0 bridgehead atoms. The average Bonchev–Trinajstić information content (AvgIpc) is 3.37. The zero-order chi connectivity index (χ0) is 21.3. The maximum Gasteiger partial charge on any atom is 0.258 e. The van der Waals surface area contributed by atoms with E-state index in [1.54, 1.807) is 0 Å². The molecule has 158 valence electrons. The van der Waals surface area contributed by atoms with Crippen LogP contribution in [0.1, 0.15) is 41.2 Å². The Labute approximate surface area is 169 Å². The third kappa shape index (κ3) is 4.95. The van der Waals surface area contributed by atoms with Crippen LogP contribution in [0.3, 0.4) is 0 Å². The number of aliphatic imine (C=N–C) groups is 1. The normalized spacial score (nSPS) is 21.5. The molecule has 2 aliphatic rings. The van der Waals surface area contributed by atoms with Crippen LogP contribution < -0.4 is 21.5 Å². The van der Waals surface area contributed by atoms with Crippen molar-refractivity contribution in [3.05, 3.63) is 70.8 Å². The number of hydrogen-bond acceptors (Lipinski definition) is 4. The Morgan fingerprint density at radius 3 is 2.37 bits per heavy atom. The van der Waals surface area contributed by atoms with Gasteiger partial charge in [-0.05, 0) is 48.7 Å². The highest BCUT2D eigenvalue weighted by Crippen LogP contribution is 2.24. The molecule has 1 amide bonds. The van der Waals surface area contributed by atoms with Gasteiger partial charge in [0, 0.05) is 30.1 Å². The minimum absolute atomic E-state index is 0.0511. The van der Waals surface area contributed by atoms with Crippen LogP contribution in [0.5, 0.6) is 0 Å². The van der Waals surface area contributed by atoms with E-state index in [4.69, 9.17) is 0 Å². The summed E-state index contributed by atoms with van der Waals surface area (Å²) >= 11 is 0. The summed E-state index contributed by atoms with van der Waals surface area (Å²) in [4.78, 5) is 16.8. The minimum atomic E-state index is -1.12. The highest BCUT2D eigenvalue weighted by molar-refractivity contribution is 6.05. The number of hydrogen-bond donors (Lipinski definition) is 4. The molecule has 0 aromatic heterocycles. The number of nitrogens with one attached hydrogen (secondary N) is 4. The molecule has 2 fully saturated rings. The third-order valence-electron chi connectivity index (χ3n) is 4.79. The zero-order valence-corrected chi connectivity index (χ0v) is 15.7. The van der Waals surface area contributed by atoms with Gasteiger partial charge in [-0.15, -0.1) is 0 Å². The van der Waals surface area contributed by atoms with Gasteiger partial charge in [-0.2, -0.15) is 0 Å². The van der Waals surface area contributed by atoms with Gasteiger partial charge in [0.1, 0.15) is 17.8 Å². The van der Waals surface area contributed by atoms with Crippen molar-refractivity contribution in [3.8, 4) is 0 Å². The summed E-state index contributed by atoms with van der Waals surface area (Å²) in [6.07, 6.45) is 1.72. The molecular weight excluding hydrogens is 402 g/mol. The summed E-state index contributed by atoms with van der Waals surface area (Å²) in [7, 11) is 0. The van der Waals surface area contributed by atoms with Crippen molar-refractivity contribution in [2.24, 2.45) is 4.99 Å². The highest BCUT2D eigenvalue weighted by Gasteiger charge is 2.28. The van der Waals surface area contributed by atoms with E-state index in [-0.39, 0.29) is 23.6 Å². The number of halogens is 4. The molecule has 1 aliphatic carbocycles. The molecule has 1 saturated carbocycles. The van der Waals surface area contributed by atoms with Gasteiger partial charge in [0.05, 0.1) is 0 Å². The topological polar surface area (TPSA) is 77.5 Å². The number of benzene rings is 2. The van der Waals surface area contributed by atoms with Crippen LogP contribution in [0.4, 0.5) is 17.6 Å². The minimum Gasteiger partial charge on any atom is -0.353 e. The van der Waals surface area contributed by atoms with Crippen LogP contribution in [0.15, 0.2) is 41.4 Å². The van der Waals surface area contributed by atoms with Crippen molar-refractivity contribution in [1.82, 2.24) is 21.5 Å². The molecule has 2 atom stereocenters. The first-order valence-electron chi connectivity index (χ1n) is 9.45. The van der Waals surface area contributed by atoms with Gasteiger partial charge in [-0.25, -0.2) is 33.4 Å². The lowest BCUT2D eigenvalue weighted by Gasteiger charge is -2.13. The first-order valence-corrected chi connectivity index (χ1v) is 9.45. The van der Waals surface area contributed by atoms with Crippen molar-refractivity contribution in [1.29, 1.82) is 0 Å². The predicted octanol–water partition coefficient (Wildman–Crippen LogP) is 2.65. The van der Waals surface area contributed by atoms with Crippen molar-refractivity contribution in [2.75, 3.05) is 0 Å². The van der Waals surface area contributed by atoms with E-state index in [1.165, 1.54) is 18.2 Å². The number of hydrazine groups is 1. The Bertz CT molecular complexity index is 975. The number of rotatable bonds is 4. The van der Waals surface area contributed by atoms with Crippen LogP contribution in [-0.4, -0.2) is 24.1 Å². The summed E-state index contributed by atoms with van der Waals surface area (Å²) in [6, 6.07) is 5.92. The maximum atomic E-state index is 13.5. The predicted molar refractivity (Wildman–Crippen MR) is 101 cm³/mol. The molecule has 0 spiro atoms. The zero-order valence-electron chi connectivity index (χ0n) is 15.7. The van der Waals surface area contributed by atoms with E-state index in [1.807, 2.05) is 0 Å². The Hall–Kier alpha value is -2.98. The fourth-order valence-electron chi connectivity index (χ4n) is 3.12. The molecule has 30 heavy (non-hydrogen) atoms. The van der Waals surface area contributed by atoms with E-state index in [0.29, 0.717) is 12.0 Å². The molecule has 1 aliphatic heterocycles. The lowest BCUT2D eigenvalue weighted by molar-refractivity contribution is 0.0975. The second-order valence-electron chi connectivity index (χ2n) is 7.27. The highest BCUT2D eigenvalue weighted by atomic mass is 19.2. The van der Waals surface area contributed by atoms with Crippen molar-refractivity contribution in [2.45, 2.75) is 37.5 Å². The van der Waals surface area contributed by atoms with Crippen LogP contribution in [-0.2, 0) is 0 Å². The van der Waals surface area contributed by atoms with Crippen molar-refractivity contribution in [3.63, 3.8) is 0 Å². The standard InChI is InChI=1S/C20H19F4N5O/c21-12-5-11(6-13(22)8-12)17-9-18(29-28-17)26-20(25-14-2-3-14)27-19(30)10-1-4-15(23)16(24)7-10/h1,4-8,14,17-18,28-29H,2-3,9H2,(H2,25,26,27,30). The molecule has 4 rings (SSSR count). The molecule has 6 nitrogen and oxygen atoms in total. The molecule has 0 radical (unpaired) electrons. The smallest absolute Gasteiger partial charge is 0.258 e. The molecule has 2 aromatic carbocycles. The van der Waals surface area contributed by atoms with Crippen LogP contribution >= 0.6 is 0 Å². The van der Waals surface area contributed by atoms with Gasteiger partial charge in [0.15, 0.2) is 17.6 Å². The largest absolute Gasteiger partial charge is 0.353 e. The fraction of sp³-hybridized carbons (Fsp3) is 0.300. The third-order valence-corrected chi connectivity index (χ3v) is 4.79. The summed E-state index contributed by atoms with van der Waals surface area (Å²) in [6.45, 7) is 0. The Kier molecular flexibility index (Phi) is 5.69. The second-order valence-corrected chi connectivity index (χ2v) is 7.27. The first kappa shape index (κ1) is 20.3. The van der Waals surface area contributed by atoms with Gasteiger partial charge >= 0.3 is 0 Å². The van der Waals surface area contributed by atoms with Gasteiger partial charge in [0.2, 0.25) is 0 Å². The monoisotopic (exact) mass is 421 g/mol. The Morgan fingerprint density at radius 1 is 0.967 bits per heavy atom. The first-order chi connectivity index (χ1) is 14.4. The van der Waals surface area contributed by atoms with Crippen LogP contribution in [0.2, 0.25) is 0 Å². The quantitative estimate of drug-likeness (QED) is 0.348. The van der Waals surface area contributed by atoms with Gasteiger partial charge in [0.25, 0.3) is 5.91 Å². The van der Waals surface area contributed by atoms with E-state index >= 15 is 0 Å². The number of carbonyl (C=O) groups is 1. The maximum absolute atomic E-state index is 13.5. The van der Waals surface area contributed by atoms with Crippen molar-refractivity contribution >= 4 is 11.9 Å². The molecule has 10 heteroatoms. The molecular formula is C20H19F4N5O. The number of amides is 1. The fourth-order valence-corrected chi connectivity index (χ4v) is 3.12. The second kappa shape index (κ2) is 8.41. The SMILES string of the molecule is O=C(NC(=NC1CC(c2cc(F)cc(F)c2)NN1)NC1CC1)c1ccc(F)c(F)c1. The Morgan fingerprint density at radius 2 is 1.70 bits per heavy atom. The molecule has 2 aromatic rings. The van der Waals surface area contributed by atoms with Gasteiger partial charge in [-0.3, -0.25) is 10.1 Å². The summed E-state index contributed by atoms with van der Waals surface area (Å²) in [5.74, 6) is -3.98. The van der Waals surface area contributed by atoms with E-state index < -0.39 is 35.3 Å². The Balaban J connectivity index is 1.46. The lowest BCUT2D eigenvalue weighted by Crippen LogP contribution is -2.44. The van der Waals surface area contributed by atoms with E-state index in [2.05, 4.69) is 26.5 Å². The van der Waals surface area contributed by atoms with Gasteiger partial charge in [-0.1, -0.05) is 0 Å². The molecule has 4 N–H and O–H groups in total. The lowest BCUT2D eigenvalue weighted by atomic mass is 10.0. The summed E-state index contributed by atoms with van der Waals surface area (Å²) in [5, 5.41) is 5.65. The van der Waals surface area contributed by atoms with Crippen LogP contribution in [0, 0.1) is 23.3 Å². The number of carbonyl (C=O) groups excluding carboxylic acids is 1. The van der Waals surface area contributed by atoms with Gasteiger partial charge < -0.3 is 5.32 Å². The average molecular weight is 421 g/mol. The summed E-state index contributed by atoms with van der Waals surface area (Å²) in [5.41, 5.74) is 6.22. The van der Waals surface area contributed by atoms with Crippen LogP contribution in [0.25, 0.3) is 0 Å². The van der Waals surface area contributed by atoms with E-state index in [0.717, 1.165) is 31.0 Å². The number of nitrogens with zero attached hydrogens (tertiary/aromatic N) is 1. The summed E-state index contributed by atoms with van der Waals surface area (Å²) < 4.78 is 53.5. The molecule has 1 heterocycles. The molecule has 2 unspecified atom stereocenters. The van der Waals surface area contributed by atoms with Crippen molar-refractivity contribution < 1.29 is 22.4 Å². The van der Waals surface area contributed by atoms with E-state index in [9.17, 15) is 22.4 Å². The number of guanidine groups is 1.